The fourth-order valence-corrected chi connectivity index (χ4v) is 4.33. The number of Topliss-reactive ketones (excluding diaryl/α,β-unsaturated/α-hetero) is 1. The summed E-state index contributed by atoms with van der Waals surface area (Å²) in [5.74, 6) is -0.786. The number of aliphatic hydroxyl groups excluding tert-OH is 1. The highest BCUT2D eigenvalue weighted by molar-refractivity contribution is 9.10. The number of carbonyl (C=O) groups excluding carboxylic acids is 2. The molecule has 2 heterocycles. The van der Waals surface area contributed by atoms with Gasteiger partial charge in [-0.1, -0.05) is 40.2 Å². The van der Waals surface area contributed by atoms with Crippen LogP contribution in [-0.4, -0.2) is 43.9 Å². The van der Waals surface area contributed by atoms with E-state index in [-0.39, 0.29) is 17.4 Å². The van der Waals surface area contributed by atoms with Crippen molar-refractivity contribution in [2.75, 3.05) is 6.54 Å². The van der Waals surface area contributed by atoms with Gasteiger partial charge >= 0.3 is 0 Å². The van der Waals surface area contributed by atoms with E-state index in [1.54, 1.807) is 41.7 Å². The Balaban J connectivity index is 1.71. The summed E-state index contributed by atoms with van der Waals surface area (Å²) in [5, 5.41) is 11.1. The quantitative estimate of drug-likeness (QED) is 0.256. The van der Waals surface area contributed by atoms with E-state index in [1.165, 1.54) is 0 Å². The second-order valence-electron chi connectivity index (χ2n) is 8.39. The number of benzene rings is 2. The molecule has 0 unspecified atom stereocenters. The Morgan fingerprint density at radius 2 is 1.79 bits per heavy atom. The van der Waals surface area contributed by atoms with Crippen molar-refractivity contribution >= 4 is 33.4 Å². The van der Waals surface area contributed by atoms with Gasteiger partial charge in [0.15, 0.2) is 0 Å². The van der Waals surface area contributed by atoms with Gasteiger partial charge < -0.3 is 19.3 Å². The zero-order valence-corrected chi connectivity index (χ0v) is 20.6. The van der Waals surface area contributed by atoms with Gasteiger partial charge in [0.1, 0.15) is 11.5 Å². The Kier molecular flexibility index (Phi) is 7.17. The number of nitrogens with zero attached hydrogens (tertiary/aromatic N) is 3. The van der Waals surface area contributed by atoms with Gasteiger partial charge in [-0.15, -0.1) is 0 Å². The van der Waals surface area contributed by atoms with E-state index in [0.29, 0.717) is 30.8 Å². The maximum atomic E-state index is 13.1. The van der Waals surface area contributed by atoms with Crippen LogP contribution in [-0.2, 0) is 16.1 Å². The number of likely N-dealkylation sites (tertiary alicyclic amines) is 1. The van der Waals surface area contributed by atoms with E-state index < -0.39 is 17.7 Å². The summed E-state index contributed by atoms with van der Waals surface area (Å²) >= 11 is 3.38. The van der Waals surface area contributed by atoms with Crippen LogP contribution in [0.5, 0.6) is 5.75 Å². The van der Waals surface area contributed by atoms with Crippen LogP contribution in [0.4, 0.5) is 0 Å². The van der Waals surface area contributed by atoms with Crippen LogP contribution < -0.4 is 4.74 Å². The highest BCUT2D eigenvalue weighted by Crippen LogP contribution is 2.40. The molecule has 34 heavy (non-hydrogen) atoms. The van der Waals surface area contributed by atoms with E-state index in [0.717, 1.165) is 10.0 Å². The van der Waals surface area contributed by atoms with Gasteiger partial charge in [0.05, 0.1) is 24.0 Å². The molecule has 2 aromatic carbocycles. The molecule has 1 aliphatic heterocycles. The zero-order valence-electron chi connectivity index (χ0n) is 19.0. The Bertz CT molecular complexity index is 1190. The molecule has 0 spiro atoms. The third-order valence-corrected chi connectivity index (χ3v) is 6.13. The minimum Gasteiger partial charge on any atom is -0.507 e. The third kappa shape index (κ3) is 5.07. The number of aliphatic hydroxyl groups is 1. The molecule has 0 saturated carbocycles. The molecule has 1 amide bonds. The first-order valence-electron chi connectivity index (χ1n) is 11.1. The Morgan fingerprint density at radius 3 is 2.41 bits per heavy atom. The topological polar surface area (TPSA) is 84.7 Å². The first kappa shape index (κ1) is 23.8. The van der Waals surface area contributed by atoms with E-state index in [4.69, 9.17) is 4.74 Å². The lowest BCUT2D eigenvalue weighted by Crippen LogP contribution is -2.31. The number of ether oxygens (including phenoxy) is 1. The SMILES string of the molecule is CC(C)Oc1ccc([C@H]2C(=C(O)c3ccc(Br)cc3)C(=O)C(=O)N2CCCn2ccnc2)cc1. The Morgan fingerprint density at radius 1 is 1.09 bits per heavy atom. The summed E-state index contributed by atoms with van der Waals surface area (Å²) in [6.45, 7) is 4.90. The molecule has 7 nitrogen and oxygen atoms in total. The summed E-state index contributed by atoms with van der Waals surface area (Å²) in [7, 11) is 0. The minimum absolute atomic E-state index is 0.0251. The molecule has 1 saturated heterocycles. The van der Waals surface area contributed by atoms with Crippen molar-refractivity contribution in [3.63, 3.8) is 0 Å². The number of imidazole rings is 1. The Hall–Kier alpha value is -3.39. The first-order chi connectivity index (χ1) is 16.3. The van der Waals surface area contributed by atoms with Gasteiger partial charge in [0, 0.05) is 35.5 Å². The normalized spacial score (nSPS) is 17.5. The summed E-state index contributed by atoms with van der Waals surface area (Å²) in [6, 6.07) is 13.6. The zero-order chi connectivity index (χ0) is 24.2. The molecule has 176 valence electrons. The van der Waals surface area contributed by atoms with Gasteiger partial charge in [0.25, 0.3) is 11.7 Å². The van der Waals surface area contributed by atoms with E-state index in [1.807, 2.05) is 48.9 Å². The second-order valence-corrected chi connectivity index (χ2v) is 9.30. The predicted octanol–water partition coefficient (Wildman–Crippen LogP) is 4.94. The van der Waals surface area contributed by atoms with Gasteiger partial charge in [0.2, 0.25) is 0 Å². The molecule has 8 heteroatoms. The molecule has 1 fully saturated rings. The molecule has 1 atom stereocenters. The van der Waals surface area contributed by atoms with Crippen LogP contribution in [0.2, 0.25) is 0 Å². The molecule has 1 aromatic heterocycles. The van der Waals surface area contributed by atoms with Crippen LogP contribution in [0.25, 0.3) is 5.76 Å². The monoisotopic (exact) mass is 523 g/mol. The van der Waals surface area contributed by atoms with Crippen molar-refractivity contribution < 1.29 is 19.4 Å². The lowest BCUT2D eigenvalue weighted by Gasteiger charge is -2.25. The maximum absolute atomic E-state index is 13.1. The lowest BCUT2D eigenvalue weighted by molar-refractivity contribution is -0.139. The molecule has 0 radical (unpaired) electrons. The molecular weight excluding hydrogens is 498 g/mol. The van der Waals surface area contributed by atoms with Crippen LogP contribution in [0.3, 0.4) is 0 Å². The van der Waals surface area contributed by atoms with Crippen molar-refractivity contribution in [3.05, 3.63) is 88.4 Å². The number of rotatable bonds is 8. The van der Waals surface area contributed by atoms with Crippen LogP contribution >= 0.6 is 15.9 Å². The molecule has 0 aliphatic carbocycles. The van der Waals surface area contributed by atoms with Crippen LogP contribution in [0, 0.1) is 0 Å². The second kappa shape index (κ2) is 10.3. The van der Waals surface area contributed by atoms with E-state index in [2.05, 4.69) is 20.9 Å². The van der Waals surface area contributed by atoms with Crippen molar-refractivity contribution in [2.24, 2.45) is 0 Å². The number of halogens is 1. The predicted molar refractivity (Wildman–Crippen MR) is 132 cm³/mol. The van der Waals surface area contributed by atoms with Gasteiger partial charge in [-0.25, -0.2) is 4.98 Å². The number of ketones is 1. The largest absolute Gasteiger partial charge is 0.507 e. The van der Waals surface area contributed by atoms with Gasteiger partial charge in [-0.3, -0.25) is 9.59 Å². The number of amides is 1. The summed E-state index contributed by atoms with van der Waals surface area (Å²) in [5.41, 5.74) is 1.30. The first-order valence-corrected chi connectivity index (χ1v) is 11.9. The molecule has 4 rings (SSSR count). The number of aromatic nitrogens is 2. The number of aryl methyl sites for hydroxylation is 1. The molecule has 1 N–H and O–H groups in total. The summed E-state index contributed by atoms with van der Waals surface area (Å²) in [6.07, 6.45) is 5.92. The maximum Gasteiger partial charge on any atom is 0.295 e. The number of carbonyl (C=O) groups is 2. The van der Waals surface area contributed by atoms with Crippen LogP contribution in [0.1, 0.15) is 37.4 Å². The molecular formula is C26H26BrN3O4. The highest BCUT2D eigenvalue weighted by Gasteiger charge is 2.45. The van der Waals surface area contributed by atoms with Crippen molar-refractivity contribution in [1.82, 2.24) is 14.5 Å². The standard InChI is InChI=1S/C26H26BrN3O4/c1-17(2)34-21-10-6-18(7-11-21)23-22(24(31)19-4-8-20(27)9-5-19)25(32)26(33)30(23)14-3-13-29-15-12-28-16-29/h4-12,15-17,23,31H,3,13-14H2,1-2H3/t23-/m0/s1. The molecule has 3 aromatic rings. The summed E-state index contributed by atoms with van der Waals surface area (Å²) in [4.78, 5) is 31.8. The Labute approximate surface area is 206 Å². The van der Waals surface area contributed by atoms with E-state index in [9.17, 15) is 14.7 Å². The molecule has 1 aliphatic rings. The van der Waals surface area contributed by atoms with Crippen molar-refractivity contribution in [2.45, 2.75) is 39.0 Å². The van der Waals surface area contributed by atoms with Gasteiger partial charge in [-0.2, -0.15) is 0 Å². The fourth-order valence-electron chi connectivity index (χ4n) is 4.06. The average Bonchev–Trinajstić information content (AvgIpc) is 3.42. The number of hydrogen-bond donors (Lipinski definition) is 1. The highest BCUT2D eigenvalue weighted by atomic mass is 79.9. The minimum atomic E-state index is -0.695. The van der Waals surface area contributed by atoms with Crippen LogP contribution in [0.15, 0.2) is 77.3 Å². The van der Waals surface area contributed by atoms with Crippen molar-refractivity contribution in [3.8, 4) is 5.75 Å². The lowest BCUT2D eigenvalue weighted by atomic mass is 9.95. The summed E-state index contributed by atoms with van der Waals surface area (Å²) < 4.78 is 8.51. The average molecular weight is 524 g/mol. The van der Waals surface area contributed by atoms with E-state index >= 15 is 0 Å². The van der Waals surface area contributed by atoms with Gasteiger partial charge in [-0.05, 0) is 50.1 Å². The smallest absolute Gasteiger partial charge is 0.295 e. The number of hydrogen-bond acceptors (Lipinski definition) is 5. The van der Waals surface area contributed by atoms with Crippen molar-refractivity contribution in [1.29, 1.82) is 0 Å². The fraction of sp³-hybridized carbons (Fsp3) is 0.269. The molecule has 0 bridgehead atoms. The third-order valence-electron chi connectivity index (χ3n) is 5.60.